The van der Waals surface area contributed by atoms with Gasteiger partial charge in [-0.1, -0.05) is 13.3 Å². The lowest BCUT2D eigenvalue weighted by Crippen LogP contribution is -2.15. The molecule has 0 aliphatic heterocycles. The van der Waals surface area contributed by atoms with Crippen molar-refractivity contribution in [2.45, 2.75) is 19.8 Å². The molecule has 0 amide bonds. The molecule has 2 N–H and O–H groups in total. The second-order valence-electron chi connectivity index (χ2n) is 1.72. The molecule has 0 fully saturated rings. The molecule has 5 heteroatoms. The monoisotopic (exact) mass is 173 g/mol. The van der Waals surface area contributed by atoms with E-state index in [0.29, 0.717) is 6.42 Å². The molecule has 9 heavy (non-hydrogen) atoms. The van der Waals surface area contributed by atoms with E-state index in [1.165, 1.54) is 0 Å². The average molecular weight is 174 g/mol. The number of hydrogen-bond acceptors (Lipinski definition) is 2. The zero-order chi connectivity index (χ0) is 6.62. The quantitative estimate of drug-likeness (QED) is 0.676. The Kier molecular flexibility index (Phi) is 6.66. The van der Waals surface area contributed by atoms with Gasteiger partial charge in [0, 0.05) is 0 Å². The highest BCUT2D eigenvalue weighted by Crippen LogP contribution is 1.88. The van der Waals surface area contributed by atoms with Crippen molar-refractivity contribution < 1.29 is 8.42 Å². The van der Waals surface area contributed by atoms with Gasteiger partial charge in [-0.25, -0.2) is 13.6 Å². The molecular weight excluding hydrogens is 162 g/mol. The van der Waals surface area contributed by atoms with Crippen LogP contribution in [0.15, 0.2) is 0 Å². The average Bonchev–Trinajstić information content (AvgIpc) is 1.59. The molecule has 58 valence electrons. The number of hydrogen-bond donors (Lipinski definition) is 1. The smallest absolute Gasteiger partial charge is 0.209 e. The molecule has 0 heterocycles. The van der Waals surface area contributed by atoms with Crippen LogP contribution in [0.1, 0.15) is 19.8 Å². The van der Waals surface area contributed by atoms with Gasteiger partial charge in [0.1, 0.15) is 0 Å². The number of sulfonamides is 1. The van der Waals surface area contributed by atoms with Crippen LogP contribution < -0.4 is 5.14 Å². The van der Waals surface area contributed by atoms with Crippen molar-refractivity contribution in [2.75, 3.05) is 5.75 Å². The maximum absolute atomic E-state index is 10.2. The van der Waals surface area contributed by atoms with Crippen LogP contribution in [-0.2, 0) is 10.0 Å². The molecule has 0 aliphatic rings. The van der Waals surface area contributed by atoms with Crippen LogP contribution in [0, 0.1) is 0 Å². The molecule has 0 aliphatic carbocycles. The van der Waals surface area contributed by atoms with Gasteiger partial charge in [0.05, 0.1) is 5.75 Å². The summed E-state index contributed by atoms with van der Waals surface area (Å²) >= 11 is 0. The van der Waals surface area contributed by atoms with Crippen LogP contribution in [0.5, 0.6) is 0 Å². The lowest BCUT2D eigenvalue weighted by molar-refractivity contribution is 0.594. The van der Waals surface area contributed by atoms with Gasteiger partial charge in [0.2, 0.25) is 10.0 Å². The van der Waals surface area contributed by atoms with Gasteiger partial charge in [-0.05, 0) is 6.42 Å². The summed E-state index contributed by atoms with van der Waals surface area (Å²) in [6, 6.07) is 0. The van der Waals surface area contributed by atoms with Gasteiger partial charge in [0.15, 0.2) is 0 Å². The summed E-state index contributed by atoms with van der Waals surface area (Å²) in [6.45, 7) is 1.92. The van der Waals surface area contributed by atoms with Crippen molar-refractivity contribution in [1.29, 1.82) is 0 Å². The minimum Gasteiger partial charge on any atom is -0.229 e. The highest BCUT2D eigenvalue weighted by Gasteiger charge is 1.98. The van der Waals surface area contributed by atoms with E-state index < -0.39 is 10.0 Å². The van der Waals surface area contributed by atoms with E-state index in [2.05, 4.69) is 0 Å². The van der Waals surface area contributed by atoms with E-state index in [1.54, 1.807) is 0 Å². The van der Waals surface area contributed by atoms with Crippen LogP contribution in [-0.4, -0.2) is 14.2 Å². The highest BCUT2D eigenvalue weighted by molar-refractivity contribution is 7.89. The van der Waals surface area contributed by atoms with Crippen molar-refractivity contribution in [3.8, 4) is 0 Å². The van der Waals surface area contributed by atoms with Gasteiger partial charge >= 0.3 is 0 Å². The summed E-state index contributed by atoms with van der Waals surface area (Å²) in [5.74, 6) is 0.115. The van der Waals surface area contributed by atoms with Crippen LogP contribution in [0.3, 0.4) is 0 Å². The highest BCUT2D eigenvalue weighted by atomic mass is 35.5. The van der Waals surface area contributed by atoms with Crippen molar-refractivity contribution in [3.63, 3.8) is 0 Å². The molecule has 0 saturated carbocycles. The molecule has 0 radical (unpaired) electrons. The first kappa shape index (κ1) is 11.9. The number of unbranched alkanes of at least 4 members (excludes halogenated alkanes) is 1. The zero-order valence-electron chi connectivity index (χ0n) is 5.33. The summed E-state index contributed by atoms with van der Waals surface area (Å²) < 4.78 is 20.3. The Labute approximate surface area is 62.1 Å². The van der Waals surface area contributed by atoms with Crippen LogP contribution in [0.4, 0.5) is 0 Å². The Hall–Kier alpha value is 0.200. The summed E-state index contributed by atoms with van der Waals surface area (Å²) in [6.07, 6.45) is 1.54. The Morgan fingerprint density at radius 2 is 1.89 bits per heavy atom. The molecule has 0 atom stereocenters. The molecule has 0 bridgehead atoms. The first-order chi connectivity index (χ1) is 3.56. The summed E-state index contributed by atoms with van der Waals surface area (Å²) in [7, 11) is -3.19. The molecular formula is C4H12ClNO2S. The fraction of sp³-hybridized carbons (Fsp3) is 1.00. The standard InChI is InChI=1S/C4H11NO2S.ClH/c1-2-3-4-8(5,6)7;/h2-4H2,1H3,(H2,5,6,7);1H. The van der Waals surface area contributed by atoms with Crippen LogP contribution in [0.25, 0.3) is 0 Å². The normalized spacial score (nSPS) is 10.4. The third-order valence-electron chi connectivity index (χ3n) is 0.782. The molecule has 0 saturated heterocycles. The Bertz CT molecular complexity index is 143. The molecule has 0 rings (SSSR count). The Balaban J connectivity index is 0. The maximum Gasteiger partial charge on any atom is 0.209 e. The lowest BCUT2D eigenvalue weighted by atomic mass is 10.4. The van der Waals surface area contributed by atoms with E-state index >= 15 is 0 Å². The molecule has 0 aromatic heterocycles. The van der Waals surface area contributed by atoms with E-state index in [0.717, 1.165) is 6.42 Å². The molecule has 0 spiro atoms. The van der Waals surface area contributed by atoms with E-state index in [1.807, 2.05) is 6.92 Å². The van der Waals surface area contributed by atoms with Gasteiger partial charge in [-0.3, -0.25) is 0 Å². The molecule has 0 unspecified atom stereocenters. The molecule has 3 nitrogen and oxygen atoms in total. The molecule has 0 aromatic carbocycles. The first-order valence-electron chi connectivity index (χ1n) is 2.56. The van der Waals surface area contributed by atoms with E-state index in [4.69, 9.17) is 5.14 Å². The minimum absolute atomic E-state index is 0. The third-order valence-corrected chi connectivity index (χ3v) is 1.64. The van der Waals surface area contributed by atoms with Gasteiger partial charge in [-0.2, -0.15) is 0 Å². The fourth-order valence-corrected chi connectivity index (χ4v) is 1.04. The van der Waals surface area contributed by atoms with Gasteiger partial charge in [-0.15, -0.1) is 12.4 Å². The van der Waals surface area contributed by atoms with Crippen LogP contribution >= 0.6 is 12.4 Å². The minimum atomic E-state index is -3.19. The predicted molar refractivity (Wildman–Crippen MR) is 40.1 cm³/mol. The largest absolute Gasteiger partial charge is 0.229 e. The lowest BCUT2D eigenvalue weighted by Gasteiger charge is -1.91. The summed E-state index contributed by atoms with van der Waals surface area (Å²) in [4.78, 5) is 0. The second-order valence-corrected chi connectivity index (χ2v) is 3.45. The number of nitrogens with two attached hydrogens (primary N) is 1. The number of rotatable bonds is 3. The topological polar surface area (TPSA) is 60.2 Å². The van der Waals surface area contributed by atoms with Gasteiger partial charge < -0.3 is 0 Å². The van der Waals surface area contributed by atoms with Crippen molar-refractivity contribution in [1.82, 2.24) is 0 Å². The van der Waals surface area contributed by atoms with Crippen molar-refractivity contribution in [3.05, 3.63) is 0 Å². The Morgan fingerprint density at radius 1 is 1.44 bits per heavy atom. The Morgan fingerprint density at radius 3 is 2.00 bits per heavy atom. The predicted octanol–water partition coefficient (Wildman–Crippen LogP) is 0.497. The van der Waals surface area contributed by atoms with E-state index in [9.17, 15) is 8.42 Å². The maximum atomic E-state index is 10.2. The molecule has 0 aromatic rings. The van der Waals surface area contributed by atoms with Gasteiger partial charge in [0.25, 0.3) is 0 Å². The van der Waals surface area contributed by atoms with Crippen LogP contribution in [0.2, 0.25) is 0 Å². The SMILES string of the molecule is CCCCS(N)(=O)=O.Cl. The first-order valence-corrected chi connectivity index (χ1v) is 4.28. The summed E-state index contributed by atoms with van der Waals surface area (Å²) in [5.41, 5.74) is 0. The third kappa shape index (κ3) is 11.7. The van der Waals surface area contributed by atoms with E-state index in [-0.39, 0.29) is 18.2 Å². The zero-order valence-corrected chi connectivity index (χ0v) is 6.96. The second kappa shape index (κ2) is 5.02. The fourth-order valence-electron chi connectivity index (χ4n) is 0.346. The number of halogens is 1. The summed E-state index contributed by atoms with van der Waals surface area (Å²) in [5, 5.41) is 4.69. The van der Waals surface area contributed by atoms with Crippen molar-refractivity contribution >= 4 is 22.4 Å². The number of primary sulfonamides is 1. The van der Waals surface area contributed by atoms with Crippen molar-refractivity contribution in [2.24, 2.45) is 5.14 Å².